The highest BCUT2D eigenvalue weighted by atomic mass is 35.5. The molecule has 0 unspecified atom stereocenters. The summed E-state index contributed by atoms with van der Waals surface area (Å²) in [6, 6.07) is 13.1. The summed E-state index contributed by atoms with van der Waals surface area (Å²) < 4.78 is 15.7. The predicted molar refractivity (Wildman–Crippen MR) is 88.9 cm³/mol. The van der Waals surface area contributed by atoms with Gasteiger partial charge < -0.3 is 9.88 Å². The Morgan fingerprint density at radius 2 is 1.95 bits per heavy atom. The van der Waals surface area contributed by atoms with Gasteiger partial charge in [-0.3, -0.25) is 0 Å². The van der Waals surface area contributed by atoms with Gasteiger partial charge in [-0.1, -0.05) is 29.8 Å². The van der Waals surface area contributed by atoms with Crippen LogP contribution in [0.3, 0.4) is 0 Å². The molecule has 2 nitrogen and oxygen atoms in total. The van der Waals surface area contributed by atoms with Crippen LogP contribution in [0.4, 0.5) is 4.39 Å². The van der Waals surface area contributed by atoms with Gasteiger partial charge in [0, 0.05) is 48.3 Å². The molecule has 112 valence electrons. The van der Waals surface area contributed by atoms with Crippen molar-refractivity contribution in [1.29, 1.82) is 0 Å². The van der Waals surface area contributed by atoms with E-state index < -0.39 is 0 Å². The molecule has 0 amide bonds. The molecule has 4 rings (SSSR count). The molecular weight excluding hydrogens is 299 g/mol. The zero-order valence-electron chi connectivity index (χ0n) is 12.1. The van der Waals surface area contributed by atoms with Crippen molar-refractivity contribution in [2.75, 3.05) is 13.1 Å². The van der Waals surface area contributed by atoms with E-state index in [1.807, 2.05) is 6.07 Å². The molecule has 0 saturated carbocycles. The monoisotopic (exact) mass is 314 g/mol. The lowest BCUT2D eigenvalue weighted by Crippen LogP contribution is -2.17. The molecule has 0 saturated heterocycles. The van der Waals surface area contributed by atoms with Gasteiger partial charge in [0.15, 0.2) is 0 Å². The molecule has 1 aliphatic rings. The number of hydrogen-bond acceptors (Lipinski definition) is 1. The third-order valence-corrected chi connectivity index (χ3v) is 4.61. The van der Waals surface area contributed by atoms with Crippen LogP contribution in [0.5, 0.6) is 0 Å². The van der Waals surface area contributed by atoms with E-state index in [4.69, 9.17) is 11.6 Å². The van der Waals surface area contributed by atoms with Gasteiger partial charge in [-0.2, -0.15) is 0 Å². The minimum Gasteiger partial charge on any atom is -0.343 e. The summed E-state index contributed by atoms with van der Waals surface area (Å²) in [5.41, 5.74) is 4.47. The Bertz CT molecular complexity index is 854. The molecular formula is C18H16ClFN2. The lowest BCUT2D eigenvalue weighted by Gasteiger charge is -2.12. The van der Waals surface area contributed by atoms with E-state index in [-0.39, 0.29) is 5.82 Å². The van der Waals surface area contributed by atoms with Crippen molar-refractivity contribution in [3.8, 4) is 11.1 Å². The first-order valence-corrected chi connectivity index (χ1v) is 7.89. The second-order valence-electron chi connectivity index (χ2n) is 5.65. The van der Waals surface area contributed by atoms with Crippen molar-refractivity contribution in [2.45, 2.75) is 13.0 Å². The molecule has 22 heavy (non-hydrogen) atoms. The molecule has 0 spiro atoms. The SMILES string of the molecule is Fc1ccc(-c2cccc3cc4n(c23)CCNCC4)c(Cl)c1. The maximum absolute atomic E-state index is 13.3. The van der Waals surface area contributed by atoms with Crippen molar-refractivity contribution in [3.63, 3.8) is 0 Å². The van der Waals surface area contributed by atoms with Crippen LogP contribution in [-0.2, 0) is 13.0 Å². The van der Waals surface area contributed by atoms with Gasteiger partial charge in [-0.25, -0.2) is 4.39 Å². The minimum absolute atomic E-state index is 0.306. The fraction of sp³-hybridized carbons (Fsp3) is 0.222. The summed E-state index contributed by atoms with van der Waals surface area (Å²) in [7, 11) is 0. The number of benzene rings is 2. The van der Waals surface area contributed by atoms with Gasteiger partial charge >= 0.3 is 0 Å². The van der Waals surface area contributed by atoms with Crippen molar-refractivity contribution in [3.05, 3.63) is 59.0 Å². The van der Waals surface area contributed by atoms with Gasteiger partial charge in [0.1, 0.15) is 5.82 Å². The van der Waals surface area contributed by atoms with Crippen LogP contribution in [0, 0.1) is 5.82 Å². The highest BCUT2D eigenvalue weighted by molar-refractivity contribution is 6.33. The van der Waals surface area contributed by atoms with E-state index in [1.54, 1.807) is 6.07 Å². The van der Waals surface area contributed by atoms with E-state index in [9.17, 15) is 4.39 Å². The number of halogens is 2. The van der Waals surface area contributed by atoms with Crippen molar-refractivity contribution in [2.24, 2.45) is 0 Å². The highest BCUT2D eigenvalue weighted by Gasteiger charge is 2.16. The summed E-state index contributed by atoms with van der Waals surface area (Å²) in [4.78, 5) is 0. The molecule has 2 heterocycles. The van der Waals surface area contributed by atoms with Gasteiger partial charge in [-0.05, 0) is 24.3 Å². The Kier molecular flexibility index (Phi) is 3.40. The average molecular weight is 315 g/mol. The molecule has 1 N–H and O–H groups in total. The Labute approximate surface area is 133 Å². The summed E-state index contributed by atoms with van der Waals surface area (Å²) in [6.45, 7) is 2.90. The third kappa shape index (κ3) is 2.21. The van der Waals surface area contributed by atoms with Crippen LogP contribution in [0.25, 0.3) is 22.0 Å². The Morgan fingerprint density at radius 1 is 1.05 bits per heavy atom. The highest BCUT2D eigenvalue weighted by Crippen LogP contribution is 2.35. The summed E-state index contributed by atoms with van der Waals surface area (Å²) in [6.07, 6.45) is 1.02. The topological polar surface area (TPSA) is 17.0 Å². The van der Waals surface area contributed by atoms with Crippen LogP contribution in [-0.4, -0.2) is 17.7 Å². The second-order valence-corrected chi connectivity index (χ2v) is 6.06. The smallest absolute Gasteiger partial charge is 0.124 e. The van der Waals surface area contributed by atoms with Gasteiger partial charge in [-0.15, -0.1) is 0 Å². The zero-order chi connectivity index (χ0) is 15.1. The number of fused-ring (bicyclic) bond motifs is 3. The fourth-order valence-corrected chi connectivity index (χ4v) is 3.57. The zero-order valence-corrected chi connectivity index (χ0v) is 12.8. The number of para-hydroxylation sites is 1. The van der Waals surface area contributed by atoms with E-state index in [1.165, 1.54) is 28.7 Å². The van der Waals surface area contributed by atoms with E-state index >= 15 is 0 Å². The molecule has 0 bridgehead atoms. The van der Waals surface area contributed by atoms with E-state index in [2.05, 4.69) is 28.1 Å². The van der Waals surface area contributed by atoms with Crippen LogP contribution >= 0.6 is 11.6 Å². The molecule has 2 aromatic carbocycles. The number of rotatable bonds is 1. The first kappa shape index (κ1) is 13.8. The number of aromatic nitrogens is 1. The summed E-state index contributed by atoms with van der Waals surface area (Å²) in [5, 5.41) is 5.10. The summed E-state index contributed by atoms with van der Waals surface area (Å²) in [5.74, 6) is -0.306. The quantitative estimate of drug-likeness (QED) is 0.710. The lowest BCUT2D eigenvalue weighted by atomic mass is 10.0. The van der Waals surface area contributed by atoms with Gasteiger partial charge in [0.05, 0.1) is 10.5 Å². The average Bonchev–Trinajstić information content (AvgIpc) is 2.70. The minimum atomic E-state index is -0.306. The van der Waals surface area contributed by atoms with Crippen LogP contribution in [0.2, 0.25) is 5.02 Å². The third-order valence-electron chi connectivity index (χ3n) is 4.30. The van der Waals surface area contributed by atoms with Gasteiger partial charge in [0.25, 0.3) is 0 Å². The number of hydrogen-bond donors (Lipinski definition) is 1. The predicted octanol–water partition coefficient (Wildman–Crippen LogP) is 4.25. The Hall–Kier alpha value is -1.84. The van der Waals surface area contributed by atoms with E-state index in [0.717, 1.165) is 37.2 Å². The maximum atomic E-state index is 13.3. The van der Waals surface area contributed by atoms with Crippen LogP contribution in [0.15, 0.2) is 42.5 Å². The molecule has 0 aliphatic carbocycles. The first-order valence-electron chi connectivity index (χ1n) is 7.51. The second kappa shape index (κ2) is 5.41. The van der Waals surface area contributed by atoms with Crippen molar-refractivity contribution in [1.82, 2.24) is 9.88 Å². The van der Waals surface area contributed by atoms with Crippen molar-refractivity contribution >= 4 is 22.5 Å². The molecule has 0 radical (unpaired) electrons. The Morgan fingerprint density at radius 3 is 2.82 bits per heavy atom. The lowest BCUT2D eigenvalue weighted by molar-refractivity contribution is 0.628. The van der Waals surface area contributed by atoms with E-state index in [0.29, 0.717) is 5.02 Å². The summed E-state index contributed by atoms with van der Waals surface area (Å²) >= 11 is 6.29. The largest absolute Gasteiger partial charge is 0.343 e. The molecule has 0 fully saturated rings. The fourth-order valence-electron chi connectivity index (χ4n) is 3.30. The molecule has 1 aromatic heterocycles. The standard InChI is InChI=1S/C18H16ClFN2/c19-17-11-13(20)4-5-15(17)16-3-1-2-12-10-14-6-7-21-8-9-22(14)18(12)16/h1-5,10-11,21H,6-9H2. The molecule has 4 heteroatoms. The van der Waals surface area contributed by atoms with Crippen LogP contribution < -0.4 is 5.32 Å². The normalized spacial score (nSPS) is 14.8. The van der Waals surface area contributed by atoms with Crippen LogP contribution in [0.1, 0.15) is 5.69 Å². The first-order chi connectivity index (χ1) is 10.7. The number of nitrogens with one attached hydrogen (secondary N) is 1. The van der Waals surface area contributed by atoms with Gasteiger partial charge in [0.2, 0.25) is 0 Å². The maximum Gasteiger partial charge on any atom is 0.124 e. The molecule has 0 atom stereocenters. The van der Waals surface area contributed by atoms with Crippen molar-refractivity contribution < 1.29 is 4.39 Å². The Balaban J connectivity index is 1.99. The molecule has 3 aromatic rings. The molecule has 1 aliphatic heterocycles. The number of nitrogens with zero attached hydrogens (tertiary/aromatic N) is 1.